The van der Waals surface area contributed by atoms with Crippen LogP contribution >= 0.6 is 23.4 Å². The molecule has 0 aromatic carbocycles. The van der Waals surface area contributed by atoms with E-state index in [4.69, 9.17) is 22.2 Å². The molecule has 0 saturated carbocycles. The number of aliphatic imine (C=N–C) groups is 1. The first kappa shape index (κ1) is 13.1. The molecule has 1 heterocycles. The maximum Gasteiger partial charge on any atom is 0.220 e. The third kappa shape index (κ3) is 3.28. The third-order valence-corrected chi connectivity index (χ3v) is 3.12. The smallest absolute Gasteiger partial charge is 0.220 e. The molecule has 0 saturated heterocycles. The van der Waals surface area contributed by atoms with Gasteiger partial charge < -0.3 is 15.9 Å². The number of ether oxygens (including phenoxy) is 1. The van der Waals surface area contributed by atoms with Crippen LogP contribution in [-0.2, 0) is 4.74 Å². The van der Waals surface area contributed by atoms with Gasteiger partial charge in [0.05, 0.1) is 7.11 Å². The predicted molar refractivity (Wildman–Crippen MR) is 66.0 cm³/mol. The summed E-state index contributed by atoms with van der Waals surface area (Å²) in [5.41, 5.74) is -0.240. The van der Waals surface area contributed by atoms with E-state index in [1.54, 1.807) is 11.8 Å². The Morgan fingerprint density at radius 1 is 1.69 bits per heavy atom. The number of methoxy groups -OCH3 is 1. The van der Waals surface area contributed by atoms with Gasteiger partial charge in [0.25, 0.3) is 0 Å². The molecular formula is C8H14ClN5OS. The second-order valence-corrected chi connectivity index (χ2v) is 4.37. The van der Waals surface area contributed by atoms with Crippen LogP contribution < -0.4 is 11.2 Å². The van der Waals surface area contributed by atoms with Gasteiger partial charge in [0.1, 0.15) is 0 Å². The van der Waals surface area contributed by atoms with Crippen LogP contribution in [0.2, 0.25) is 0 Å². The largest absolute Gasteiger partial charge is 0.481 e. The van der Waals surface area contributed by atoms with Gasteiger partial charge in [-0.2, -0.15) is 0 Å². The lowest BCUT2D eigenvalue weighted by Gasteiger charge is -2.20. The minimum Gasteiger partial charge on any atom is -0.481 e. The summed E-state index contributed by atoms with van der Waals surface area (Å²) in [6.07, 6.45) is 1.06. The highest BCUT2D eigenvalue weighted by Crippen LogP contribution is 2.23. The maximum absolute atomic E-state index is 6.02. The third-order valence-electron chi connectivity index (χ3n) is 1.72. The first-order valence-corrected chi connectivity index (χ1v) is 6.15. The van der Waals surface area contributed by atoms with Gasteiger partial charge in [0.2, 0.25) is 5.88 Å². The molecule has 6 nitrogen and oxygen atoms in total. The number of alkyl halides is 1. The number of rotatable bonds is 4. The fourth-order valence-electron chi connectivity index (χ4n) is 1.05. The fourth-order valence-corrected chi connectivity index (χ4v) is 2.09. The molecule has 8 heteroatoms. The number of halogens is 1. The Morgan fingerprint density at radius 3 is 3.00 bits per heavy atom. The highest BCUT2D eigenvalue weighted by atomic mass is 35.5. The van der Waals surface area contributed by atoms with E-state index in [1.165, 1.54) is 7.11 Å². The van der Waals surface area contributed by atoms with E-state index in [9.17, 15) is 0 Å². The quantitative estimate of drug-likeness (QED) is 0.266. The van der Waals surface area contributed by atoms with Crippen LogP contribution in [-0.4, -0.2) is 23.5 Å². The summed E-state index contributed by atoms with van der Waals surface area (Å²) < 4.78 is 5.12. The molecule has 0 aromatic rings. The molecule has 16 heavy (non-hydrogen) atoms. The molecule has 1 aliphatic rings. The standard InChI is InChI=1S/C8H14ClN5OS/c1-3-4-16-8-11-6(9)5(13-14-10)7(12-8)15-2/h6H,3-4H2,1-2H3,(H2,10,13)(H,11,12). The molecule has 1 rings (SSSR count). The Bertz CT molecular complexity index is 330. The van der Waals surface area contributed by atoms with Gasteiger partial charge >= 0.3 is 0 Å². The zero-order valence-corrected chi connectivity index (χ0v) is 10.7. The minimum atomic E-state index is -0.622. The Hall–Kier alpha value is -0.950. The zero-order chi connectivity index (χ0) is 12.0. The van der Waals surface area contributed by atoms with E-state index < -0.39 is 5.50 Å². The number of hydrogen-bond donors (Lipinski definition) is 2. The summed E-state index contributed by atoms with van der Waals surface area (Å²) in [6.45, 7) is 2.09. The summed E-state index contributed by atoms with van der Waals surface area (Å²) in [5.74, 6) is 6.37. The molecule has 90 valence electrons. The average Bonchev–Trinajstić information content (AvgIpc) is 2.29. The average molecular weight is 264 g/mol. The van der Waals surface area contributed by atoms with Gasteiger partial charge in [0, 0.05) is 5.75 Å². The Morgan fingerprint density at radius 2 is 2.44 bits per heavy atom. The van der Waals surface area contributed by atoms with Crippen LogP contribution in [0.25, 0.3) is 0 Å². The number of nitrogens with zero attached hydrogens (tertiary/aromatic N) is 3. The van der Waals surface area contributed by atoms with Gasteiger partial charge in [-0.05, 0) is 6.42 Å². The molecule has 0 aromatic heterocycles. The number of nitrogens with one attached hydrogen (secondary N) is 1. The lowest BCUT2D eigenvalue weighted by Crippen LogP contribution is -2.29. The van der Waals surface area contributed by atoms with Gasteiger partial charge in [-0.15, -0.1) is 5.11 Å². The molecule has 0 amide bonds. The van der Waals surface area contributed by atoms with Crippen molar-refractivity contribution in [2.45, 2.75) is 18.8 Å². The van der Waals surface area contributed by atoms with E-state index in [-0.39, 0.29) is 0 Å². The first-order chi connectivity index (χ1) is 7.72. The van der Waals surface area contributed by atoms with Crippen molar-refractivity contribution in [2.75, 3.05) is 12.9 Å². The topological polar surface area (TPSA) is 84.4 Å². The summed E-state index contributed by atoms with van der Waals surface area (Å²) in [5, 5.41) is 10.6. The second kappa shape index (κ2) is 6.59. The lowest BCUT2D eigenvalue weighted by molar-refractivity contribution is 0.267. The normalized spacial score (nSPS) is 20.9. The van der Waals surface area contributed by atoms with Crippen molar-refractivity contribution in [3.63, 3.8) is 0 Å². The molecule has 0 spiro atoms. The molecule has 3 N–H and O–H groups in total. The number of thioether (sulfide) groups is 1. The Balaban J connectivity index is 2.78. The molecule has 1 aliphatic heterocycles. The van der Waals surface area contributed by atoms with Gasteiger partial charge in [-0.3, -0.25) is 0 Å². The number of hydrogen-bond acceptors (Lipinski definition) is 6. The fraction of sp³-hybridized carbons (Fsp3) is 0.625. The van der Waals surface area contributed by atoms with Gasteiger partial charge in [0.15, 0.2) is 16.4 Å². The van der Waals surface area contributed by atoms with Crippen LogP contribution in [0, 0.1) is 0 Å². The summed E-state index contributed by atoms with van der Waals surface area (Å²) in [6, 6.07) is 0. The molecule has 1 unspecified atom stereocenters. The molecule has 0 radical (unpaired) electrons. The van der Waals surface area contributed by atoms with E-state index in [0.29, 0.717) is 11.6 Å². The zero-order valence-electron chi connectivity index (χ0n) is 9.11. The Kier molecular flexibility index (Phi) is 5.41. The van der Waals surface area contributed by atoms with Crippen molar-refractivity contribution >= 4 is 28.5 Å². The maximum atomic E-state index is 6.02. The van der Waals surface area contributed by atoms with Crippen molar-refractivity contribution in [1.82, 2.24) is 5.32 Å². The molecule has 0 fully saturated rings. The first-order valence-electron chi connectivity index (χ1n) is 4.73. The molecule has 1 atom stereocenters. The van der Waals surface area contributed by atoms with E-state index in [2.05, 4.69) is 27.6 Å². The van der Waals surface area contributed by atoms with Crippen LogP contribution in [0.4, 0.5) is 0 Å². The summed E-state index contributed by atoms with van der Waals surface area (Å²) in [4.78, 5) is 4.20. The van der Waals surface area contributed by atoms with E-state index in [1.807, 2.05) is 0 Å². The van der Waals surface area contributed by atoms with Crippen molar-refractivity contribution in [3.8, 4) is 0 Å². The minimum absolute atomic E-state index is 0.382. The monoisotopic (exact) mass is 263 g/mol. The van der Waals surface area contributed by atoms with Gasteiger partial charge in [-0.1, -0.05) is 35.5 Å². The van der Waals surface area contributed by atoms with Crippen LogP contribution in [0.1, 0.15) is 13.3 Å². The molecule has 0 bridgehead atoms. The highest BCUT2D eigenvalue weighted by molar-refractivity contribution is 8.13. The van der Waals surface area contributed by atoms with Crippen molar-refractivity contribution in [2.24, 2.45) is 21.2 Å². The van der Waals surface area contributed by atoms with E-state index in [0.717, 1.165) is 17.3 Å². The molecule has 0 aliphatic carbocycles. The number of amidine groups is 1. The lowest BCUT2D eigenvalue weighted by atomic mass is 10.4. The summed E-state index contributed by atoms with van der Waals surface area (Å²) in [7, 11) is 1.52. The second-order valence-electron chi connectivity index (χ2n) is 2.88. The van der Waals surface area contributed by atoms with Crippen LogP contribution in [0.3, 0.4) is 0 Å². The van der Waals surface area contributed by atoms with Crippen LogP contribution in [0.15, 0.2) is 26.9 Å². The summed E-state index contributed by atoms with van der Waals surface area (Å²) >= 11 is 7.60. The molecular weight excluding hydrogens is 250 g/mol. The van der Waals surface area contributed by atoms with Crippen molar-refractivity contribution in [3.05, 3.63) is 11.6 Å². The number of nitrogens with two attached hydrogens (primary N) is 1. The SMILES string of the molecule is CCCSC1=NC(Cl)C(N=NN)=C(OC)N1. The predicted octanol–water partition coefficient (Wildman–Crippen LogP) is 1.80. The van der Waals surface area contributed by atoms with Crippen molar-refractivity contribution < 1.29 is 4.74 Å². The highest BCUT2D eigenvalue weighted by Gasteiger charge is 2.23. The van der Waals surface area contributed by atoms with Crippen molar-refractivity contribution in [1.29, 1.82) is 0 Å². The van der Waals surface area contributed by atoms with Crippen LogP contribution in [0.5, 0.6) is 0 Å². The Labute approximate surface area is 103 Å². The van der Waals surface area contributed by atoms with E-state index >= 15 is 0 Å². The van der Waals surface area contributed by atoms with Gasteiger partial charge in [-0.25, -0.2) is 4.99 Å².